The lowest BCUT2D eigenvalue weighted by Crippen LogP contribution is -2.48. The monoisotopic (exact) mass is 427 g/mol. The Morgan fingerprint density at radius 1 is 1.07 bits per heavy atom. The van der Waals surface area contributed by atoms with E-state index >= 15 is 0 Å². The molecule has 0 saturated heterocycles. The maximum absolute atomic E-state index is 12.5. The molecule has 0 saturated carbocycles. The molecule has 0 aromatic heterocycles. The standard InChI is InChI=1S/C21H33NO8/c1-7-28-19(23)17(22-20(24)30-21(2,3)4)18(26-6)15-8-10-16(11-9-15)29-14-27-13-12-25-5/h8-11,17-18H,7,12-14H2,1-6H3,(H,22,24)/t17-,18+/m1/s1. The average Bonchev–Trinajstić information content (AvgIpc) is 2.67. The van der Waals surface area contributed by atoms with Crippen molar-refractivity contribution in [1.82, 2.24) is 5.32 Å². The highest BCUT2D eigenvalue weighted by Gasteiger charge is 2.34. The van der Waals surface area contributed by atoms with Crippen LogP contribution in [0, 0.1) is 0 Å². The predicted octanol–water partition coefficient (Wildman–Crippen LogP) is 2.83. The van der Waals surface area contributed by atoms with Crippen molar-refractivity contribution in [1.29, 1.82) is 0 Å². The van der Waals surface area contributed by atoms with Crippen LogP contribution in [0.25, 0.3) is 0 Å². The lowest BCUT2D eigenvalue weighted by atomic mass is 10.0. The molecule has 0 heterocycles. The highest BCUT2D eigenvalue weighted by Crippen LogP contribution is 2.25. The van der Waals surface area contributed by atoms with Crippen LogP contribution in [0.1, 0.15) is 39.4 Å². The largest absolute Gasteiger partial charge is 0.468 e. The molecule has 0 spiro atoms. The first-order chi connectivity index (χ1) is 14.2. The fourth-order valence-corrected chi connectivity index (χ4v) is 2.45. The second-order valence-corrected chi connectivity index (χ2v) is 7.26. The van der Waals surface area contributed by atoms with Crippen LogP contribution < -0.4 is 10.1 Å². The lowest BCUT2D eigenvalue weighted by molar-refractivity contribution is -0.149. The number of hydrogen-bond donors (Lipinski definition) is 1. The molecule has 0 radical (unpaired) electrons. The average molecular weight is 427 g/mol. The number of alkyl carbamates (subject to hydrolysis) is 1. The first-order valence-corrected chi connectivity index (χ1v) is 9.70. The maximum Gasteiger partial charge on any atom is 0.408 e. The van der Waals surface area contributed by atoms with E-state index in [0.717, 1.165) is 0 Å². The summed E-state index contributed by atoms with van der Waals surface area (Å²) in [5, 5.41) is 2.55. The van der Waals surface area contributed by atoms with Gasteiger partial charge in [0.2, 0.25) is 0 Å². The molecule has 1 amide bonds. The van der Waals surface area contributed by atoms with Crippen LogP contribution in [-0.2, 0) is 28.5 Å². The van der Waals surface area contributed by atoms with Gasteiger partial charge >= 0.3 is 12.1 Å². The maximum atomic E-state index is 12.5. The van der Waals surface area contributed by atoms with Gasteiger partial charge in [0.15, 0.2) is 12.8 Å². The minimum atomic E-state index is -1.09. The number of rotatable bonds is 12. The van der Waals surface area contributed by atoms with E-state index in [0.29, 0.717) is 24.5 Å². The molecule has 1 rings (SSSR count). The van der Waals surface area contributed by atoms with E-state index in [-0.39, 0.29) is 13.4 Å². The molecule has 1 aromatic carbocycles. The molecular formula is C21H33NO8. The molecule has 0 fully saturated rings. The zero-order chi connectivity index (χ0) is 22.6. The van der Waals surface area contributed by atoms with Crippen LogP contribution >= 0.6 is 0 Å². The van der Waals surface area contributed by atoms with Crippen molar-refractivity contribution in [3.05, 3.63) is 29.8 Å². The first kappa shape index (κ1) is 25.7. The number of ether oxygens (including phenoxy) is 6. The van der Waals surface area contributed by atoms with Gasteiger partial charge in [-0.25, -0.2) is 9.59 Å². The third-order valence-corrected chi connectivity index (χ3v) is 3.72. The minimum Gasteiger partial charge on any atom is -0.468 e. The summed E-state index contributed by atoms with van der Waals surface area (Å²) >= 11 is 0. The van der Waals surface area contributed by atoms with Crippen LogP contribution in [0.4, 0.5) is 4.79 Å². The van der Waals surface area contributed by atoms with E-state index in [1.807, 2.05) is 0 Å². The number of esters is 1. The number of nitrogens with one attached hydrogen (secondary N) is 1. The Morgan fingerprint density at radius 3 is 2.27 bits per heavy atom. The quantitative estimate of drug-likeness (QED) is 0.309. The summed E-state index contributed by atoms with van der Waals surface area (Å²) in [5.41, 5.74) is -0.0600. The molecule has 0 aliphatic heterocycles. The van der Waals surface area contributed by atoms with Gasteiger partial charge in [-0.05, 0) is 45.4 Å². The molecule has 0 bridgehead atoms. The second-order valence-electron chi connectivity index (χ2n) is 7.26. The van der Waals surface area contributed by atoms with E-state index in [1.54, 1.807) is 59.1 Å². The van der Waals surface area contributed by atoms with Crippen molar-refractivity contribution in [3.63, 3.8) is 0 Å². The van der Waals surface area contributed by atoms with Crippen molar-refractivity contribution < 1.29 is 38.0 Å². The topological polar surface area (TPSA) is 102 Å². The summed E-state index contributed by atoms with van der Waals surface area (Å²) < 4.78 is 31.5. The van der Waals surface area contributed by atoms with E-state index in [4.69, 9.17) is 28.4 Å². The van der Waals surface area contributed by atoms with Crippen LogP contribution in [0.2, 0.25) is 0 Å². The third kappa shape index (κ3) is 9.43. The van der Waals surface area contributed by atoms with E-state index < -0.39 is 29.8 Å². The van der Waals surface area contributed by atoms with Gasteiger partial charge in [-0.3, -0.25) is 0 Å². The van der Waals surface area contributed by atoms with Gasteiger partial charge in [0.1, 0.15) is 17.5 Å². The van der Waals surface area contributed by atoms with Gasteiger partial charge < -0.3 is 33.7 Å². The van der Waals surface area contributed by atoms with Gasteiger partial charge in [-0.15, -0.1) is 0 Å². The van der Waals surface area contributed by atoms with Gasteiger partial charge in [-0.1, -0.05) is 12.1 Å². The lowest BCUT2D eigenvalue weighted by Gasteiger charge is -2.27. The van der Waals surface area contributed by atoms with E-state index in [9.17, 15) is 9.59 Å². The fourth-order valence-electron chi connectivity index (χ4n) is 2.45. The molecule has 0 unspecified atom stereocenters. The van der Waals surface area contributed by atoms with Crippen LogP contribution in [-0.4, -0.2) is 64.5 Å². The van der Waals surface area contributed by atoms with Crippen molar-refractivity contribution in [2.75, 3.05) is 40.8 Å². The zero-order valence-corrected chi connectivity index (χ0v) is 18.6. The number of benzene rings is 1. The van der Waals surface area contributed by atoms with E-state index in [2.05, 4.69) is 5.32 Å². The summed E-state index contributed by atoms with van der Waals surface area (Å²) in [7, 11) is 3.04. The van der Waals surface area contributed by atoms with Crippen LogP contribution in [0.5, 0.6) is 5.75 Å². The molecule has 30 heavy (non-hydrogen) atoms. The normalized spacial score (nSPS) is 13.3. The summed E-state index contributed by atoms with van der Waals surface area (Å²) in [5.74, 6) is -0.0408. The Labute approximate surface area is 177 Å². The molecular weight excluding hydrogens is 394 g/mol. The molecule has 1 aromatic rings. The fraction of sp³-hybridized carbons (Fsp3) is 0.619. The van der Waals surface area contributed by atoms with Gasteiger partial charge in [0, 0.05) is 14.2 Å². The van der Waals surface area contributed by atoms with Crippen molar-refractivity contribution in [2.24, 2.45) is 0 Å². The summed E-state index contributed by atoms with van der Waals surface area (Å²) in [6.07, 6.45) is -1.53. The zero-order valence-electron chi connectivity index (χ0n) is 18.6. The Morgan fingerprint density at radius 2 is 1.73 bits per heavy atom. The van der Waals surface area contributed by atoms with Gasteiger partial charge in [0.05, 0.1) is 19.8 Å². The molecule has 9 heteroatoms. The number of carbonyl (C=O) groups is 2. The molecule has 170 valence electrons. The molecule has 2 atom stereocenters. The SMILES string of the molecule is CCOC(=O)[C@H](NC(=O)OC(C)(C)C)[C@@H](OC)c1ccc(OCOCCOC)cc1. The number of hydrogen-bond acceptors (Lipinski definition) is 8. The smallest absolute Gasteiger partial charge is 0.408 e. The minimum absolute atomic E-state index is 0.0854. The van der Waals surface area contributed by atoms with Crippen LogP contribution in [0.15, 0.2) is 24.3 Å². The Bertz CT molecular complexity index is 641. The van der Waals surface area contributed by atoms with Gasteiger partial charge in [0.25, 0.3) is 0 Å². The Hall–Kier alpha value is -2.36. The molecule has 0 aliphatic carbocycles. The number of methoxy groups -OCH3 is 2. The third-order valence-electron chi connectivity index (χ3n) is 3.72. The van der Waals surface area contributed by atoms with Crippen molar-refractivity contribution in [3.8, 4) is 5.75 Å². The summed E-state index contributed by atoms with van der Waals surface area (Å²) in [6, 6.07) is 5.82. The summed E-state index contributed by atoms with van der Waals surface area (Å²) in [6.45, 7) is 8.05. The Balaban J connectivity index is 2.88. The summed E-state index contributed by atoms with van der Waals surface area (Å²) in [4.78, 5) is 24.7. The predicted molar refractivity (Wildman–Crippen MR) is 109 cm³/mol. The first-order valence-electron chi connectivity index (χ1n) is 9.70. The van der Waals surface area contributed by atoms with Gasteiger partial charge in [-0.2, -0.15) is 0 Å². The number of amides is 1. The second kappa shape index (κ2) is 13.0. The Kier molecular flexibility index (Phi) is 11.2. The molecule has 1 N–H and O–H groups in total. The molecule has 9 nitrogen and oxygen atoms in total. The van der Waals surface area contributed by atoms with Crippen LogP contribution in [0.3, 0.4) is 0 Å². The van der Waals surface area contributed by atoms with E-state index in [1.165, 1.54) is 7.11 Å². The highest BCUT2D eigenvalue weighted by atomic mass is 16.7. The number of carbonyl (C=O) groups excluding carboxylic acids is 2. The molecule has 0 aliphatic rings. The van der Waals surface area contributed by atoms with Crippen molar-refractivity contribution in [2.45, 2.75) is 45.4 Å². The van der Waals surface area contributed by atoms with Crippen molar-refractivity contribution >= 4 is 12.1 Å². The highest BCUT2D eigenvalue weighted by molar-refractivity contribution is 5.82.